The first kappa shape index (κ1) is 56.7. The van der Waals surface area contributed by atoms with E-state index in [0.717, 1.165) is 33.5 Å². The van der Waals surface area contributed by atoms with E-state index in [1.807, 2.05) is 24.3 Å². The Morgan fingerprint density at radius 3 is 1.18 bits per heavy atom. The lowest BCUT2D eigenvalue weighted by molar-refractivity contribution is 0.111. The molecule has 0 saturated carbocycles. The van der Waals surface area contributed by atoms with E-state index in [-0.39, 0.29) is 33.0 Å². The Bertz CT molecular complexity index is 1980. The van der Waals surface area contributed by atoms with Crippen LogP contribution in [0.25, 0.3) is 0 Å². The molecule has 4 rings (SSSR count). The fourth-order valence-electron chi connectivity index (χ4n) is 4.08. The molecule has 61 heavy (non-hydrogen) atoms. The number of aromatic hydroxyl groups is 1. The second-order valence-electron chi connectivity index (χ2n) is 19.0. The van der Waals surface area contributed by atoms with Crippen molar-refractivity contribution in [2.75, 3.05) is 0 Å². The fraction of sp³-hybridized carbons (Fsp3) is 0.435. The molecule has 0 fully saturated rings. The third-order valence-electron chi connectivity index (χ3n) is 11.1. The van der Waals surface area contributed by atoms with Crippen molar-refractivity contribution in [3.63, 3.8) is 0 Å². The number of carbonyl (C=O) groups excluding carboxylic acids is 2. The van der Waals surface area contributed by atoms with Gasteiger partial charge in [0.25, 0.3) is 8.32 Å². The number of halogens is 5. The fourth-order valence-corrected chi connectivity index (χ4v) is 8.32. The molecule has 15 heteroatoms. The van der Waals surface area contributed by atoms with E-state index in [9.17, 15) is 14.7 Å². The average molecular weight is 1040 g/mol. The molecule has 0 heterocycles. The van der Waals surface area contributed by atoms with Gasteiger partial charge in [0, 0.05) is 36.5 Å². The normalized spacial score (nSPS) is 12.0. The lowest BCUT2D eigenvalue weighted by atomic mass is 10.2. The van der Waals surface area contributed by atoms with Crippen molar-refractivity contribution in [3.05, 3.63) is 115 Å². The molecule has 4 aromatic carbocycles. The van der Waals surface area contributed by atoms with Gasteiger partial charge in [0.15, 0.2) is 12.6 Å². The second-order valence-corrected chi connectivity index (χ2v) is 35.5. The Morgan fingerprint density at radius 1 is 0.525 bits per heavy atom. The predicted octanol–water partition coefficient (Wildman–Crippen LogP) is 16.2. The summed E-state index contributed by atoms with van der Waals surface area (Å²) in [6.45, 7) is 32.8. The number of carbonyl (C=O) groups is 2. The van der Waals surface area contributed by atoms with Crippen LogP contribution in [-0.4, -0.2) is 47.7 Å². The number of phenols is 1. The zero-order valence-electron chi connectivity index (χ0n) is 38.3. The van der Waals surface area contributed by atoms with Crippen LogP contribution in [0.2, 0.25) is 74.5 Å². The van der Waals surface area contributed by atoms with Gasteiger partial charge in [-0.3, -0.25) is 9.59 Å². The van der Waals surface area contributed by atoms with Crippen LogP contribution in [0.3, 0.4) is 0 Å². The molecule has 0 unspecified atom stereocenters. The number of hydrogen-bond acceptors (Lipinski definition) is 7. The van der Waals surface area contributed by atoms with E-state index < -0.39 is 25.0 Å². The van der Waals surface area contributed by atoms with E-state index in [1.54, 1.807) is 36.4 Å². The Balaban J connectivity index is 0.000000413. The first-order valence-corrected chi connectivity index (χ1v) is 31.1. The van der Waals surface area contributed by atoms with Gasteiger partial charge in [-0.1, -0.05) is 137 Å². The average Bonchev–Trinajstić information content (AvgIpc) is 3.11. The number of aldehydes is 2. The van der Waals surface area contributed by atoms with Crippen molar-refractivity contribution in [2.45, 2.75) is 129 Å². The van der Waals surface area contributed by atoms with Gasteiger partial charge in [-0.2, -0.15) is 0 Å². The Hall–Kier alpha value is -2.33. The van der Waals surface area contributed by atoms with E-state index in [4.69, 9.17) is 64.8 Å². The molecule has 0 saturated heterocycles. The maximum Gasteiger partial charge on any atom is 0.250 e. The minimum atomic E-state index is -1.93. The Morgan fingerprint density at radius 2 is 0.836 bits per heavy atom. The number of benzene rings is 4. The van der Waals surface area contributed by atoms with Crippen LogP contribution in [0.4, 0.5) is 0 Å². The molecule has 7 nitrogen and oxygen atoms in total. The number of alkyl halides is 1. The van der Waals surface area contributed by atoms with Crippen molar-refractivity contribution in [1.29, 1.82) is 0 Å². The van der Waals surface area contributed by atoms with E-state index in [1.165, 1.54) is 12.1 Å². The summed E-state index contributed by atoms with van der Waals surface area (Å²) in [4.78, 5) is 21.1. The largest absolute Gasteiger partial charge is 0.543 e. The quantitative estimate of drug-likeness (QED) is 0.0927. The number of aliphatic hydroxyl groups is 1. The van der Waals surface area contributed by atoms with Crippen molar-refractivity contribution < 1.29 is 33.1 Å². The van der Waals surface area contributed by atoms with Crippen LogP contribution < -0.4 is 13.3 Å². The van der Waals surface area contributed by atoms with E-state index in [0.29, 0.717) is 38.4 Å². The molecule has 0 aliphatic rings. The predicted molar refractivity (Wildman–Crippen MR) is 270 cm³/mol. The standard InChI is InChI=1S/C13H20BrClOSi.C13H21ClO2Si.C13H19ClO2Si.C7H5ClO2/c1-13(2,3)17(4,5)16-12-8-11(15)7-6-10(12)9-14;2*1-13(2,3)17(4,5)16-12-8-11(14)7-6-10(12)9-15;8-6-2-1-5(4-9)7(10)3-6/h6-8H,9H2,1-5H3;6-8,15H,9H2,1-5H3;6-9H,1-5H3;1-4,10H. The van der Waals surface area contributed by atoms with Gasteiger partial charge in [-0.15, -0.1) is 0 Å². The van der Waals surface area contributed by atoms with Gasteiger partial charge in [0.05, 0.1) is 17.7 Å². The molecule has 338 valence electrons. The van der Waals surface area contributed by atoms with Crippen LogP contribution in [0.15, 0.2) is 72.8 Å². The summed E-state index contributed by atoms with van der Waals surface area (Å²) in [6, 6.07) is 20.6. The minimum Gasteiger partial charge on any atom is -0.543 e. The Kier molecular flexibility index (Phi) is 21.9. The molecule has 0 aliphatic heterocycles. The maximum atomic E-state index is 11.0. The summed E-state index contributed by atoms with van der Waals surface area (Å²) in [6.07, 6.45) is 1.38. The maximum absolute atomic E-state index is 11.0. The highest BCUT2D eigenvalue weighted by Crippen LogP contribution is 2.41. The van der Waals surface area contributed by atoms with Crippen LogP contribution in [0.1, 0.15) is 94.2 Å². The highest BCUT2D eigenvalue weighted by Gasteiger charge is 2.41. The van der Waals surface area contributed by atoms with E-state index in [2.05, 4.69) is 118 Å². The third-order valence-corrected chi connectivity index (χ3v) is 25.7. The monoisotopic (exact) mass is 1030 g/mol. The van der Waals surface area contributed by atoms with Gasteiger partial charge in [0.1, 0.15) is 23.0 Å². The molecule has 2 N–H and O–H groups in total. The highest BCUT2D eigenvalue weighted by atomic mass is 79.9. The molecular weight excluding hydrogens is 970 g/mol. The van der Waals surface area contributed by atoms with Crippen molar-refractivity contribution >= 4 is 99.9 Å². The molecule has 0 aliphatic carbocycles. The third kappa shape index (κ3) is 18.0. The molecule has 0 amide bonds. The molecular formula is C46H65BrCl4O7Si3. The first-order chi connectivity index (χ1) is 27.7. The second kappa shape index (κ2) is 23.6. The SMILES string of the molecule is CC(C)(C)[Si](C)(C)Oc1cc(Cl)ccc1C=O.CC(C)(C)[Si](C)(C)Oc1cc(Cl)ccc1CBr.CC(C)(C)[Si](C)(C)Oc1cc(Cl)ccc1CO.O=Cc1ccc(Cl)cc1O. The molecule has 0 spiro atoms. The molecule has 0 atom stereocenters. The lowest BCUT2D eigenvalue weighted by Crippen LogP contribution is -2.44. The number of aliphatic hydroxyl groups excluding tert-OH is 1. The number of phenolic OH excluding ortho intramolecular Hbond substituents is 1. The highest BCUT2D eigenvalue weighted by molar-refractivity contribution is 9.08. The smallest absolute Gasteiger partial charge is 0.250 e. The zero-order valence-corrected chi connectivity index (χ0v) is 45.9. The van der Waals surface area contributed by atoms with Crippen LogP contribution in [0, 0.1) is 0 Å². The van der Waals surface area contributed by atoms with Gasteiger partial charge in [0.2, 0.25) is 16.6 Å². The summed E-state index contributed by atoms with van der Waals surface area (Å²) < 4.78 is 18.5. The van der Waals surface area contributed by atoms with E-state index >= 15 is 0 Å². The number of hydrogen-bond donors (Lipinski definition) is 2. The van der Waals surface area contributed by atoms with Gasteiger partial charge < -0.3 is 23.5 Å². The minimum absolute atomic E-state index is 0.0267. The van der Waals surface area contributed by atoms with Gasteiger partial charge in [-0.25, -0.2) is 0 Å². The Labute approximate surface area is 396 Å². The van der Waals surface area contributed by atoms with Crippen molar-refractivity contribution in [1.82, 2.24) is 0 Å². The van der Waals surface area contributed by atoms with Crippen LogP contribution >= 0.6 is 62.3 Å². The molecule has 0 bridgehead atoms. The molecule has 0 radical (unpaired) electrons. The van der Waals surface area contributed by atoms with Gasteiger partial charge >= 0.3 is 0 Å². The van der Waals surface area contributed by atoms with Crippen molar-refractivity contribution in [3.8, 4) is 23.0 Å². The number of rotatable bonds is 10. The summed E-state index contributed by atoms with van der Waals surface area (Å²) in [5.41, 5.74) is 2.75. The molecule has 4 aromatic rings. The van der Waals surface area contributed by atoms with Gasteiger partial charge in [-0.05, 0) is 115 Å². The topological polar surface area (TPSA) is 102 Å². The summed E-state index contributed by atoms with van der Waals surface area (Å²) in [7, 11) is -5.62. The van der Waals surface area contributed by atoms with Crippen LogP contribution in [0.5, 0.6) is 23.0 Å². The summed E-state index contributed by atoms with van der Waals surface area (Å²) in [5, 5.41) is 21.8. The first-order valence-electron chi connectivity index (χ1n) is 19.7. The van der Waals surface area contributed by atoms with Crippen LogP contribution in [-0.2, 0) is 11.9 Å². The van der Waals surface area contributed by atoms with Crippen molar-refractivity contribution in [2.24, 2.45) is 0 Å². The lowest BCUT2D eigenvalue weighted by Gasteiger charge is -2.37. The molecule has 0 aromatic heterocycles. The summed E-state index contributed by atoms with van der Waals surface area (Å²) >= 11 is 26.9. The summed E-state index contributed by atoms with van der Waals surface area (Å²) in [5.74, 6) is 2.15. The zero-order chi connectivity index (χ0) is 47.4.